The Morgan fingerprint density at radius 3 is 2.13 bits per heavy atom. The first-order chi connectivity index (χ1) is 6.83. The van der Waals surface area contributed by atoms with Gasteiger partial charge in [-0.3, -0.25) is 0 Å². The topological polar surface area (TPSA) is 43.4 Å². The standard InChI is InChI=1S/C8H7Br2ClO3S/c1-14-8-6(9)2-5(3-7(8)10)4-15(11,12)13/h2-3H,4H2,1H3. The molecule has 7 heteroatoms. The van der Waals surface area contributed by atoms with Crippen LogP contribution < -0.4 is 4.74 Å². The molecule has 0 radical (unpaired) electrons. The van der Waals surface area contributed by atoms with Crippen molar-refractivity contribution in [2.75, 3.05) is 7.11 Å². The summed E-state index contributed by atoms with van der Waals surface area (Å²) in [6, 6.07) is 3.31. The summed E-state index contributed by atoms with van der Waals surface area (Å²) in [4.78, 5) is 0. The largest absolute Gasteiger partial charge is 0.494 e. The van der Waals surface area contributed by atoms with Gasteiger partial charge in [0.15, 0.2) is 0 Å². The summed E-state index contributed by atoms with van der Waals surface area (Å²) in [5.74, 6) is 0.404. The van der Waals surface area contributed by atoms with Crippen LogP contribution in [0.5, 0.6) is 5.75 Å². The molecule has 0 bridgehead atoms. The first-order valence-electron chi connectivity index (χ1n) is 3.77. The number of hydrogen-bond acceptors (Lipinski definition) is 3. The Morgan fingerprint density at radius 2 is 1.80 bits per heavy atom. The van der Waals surface area contributed by atoms with E-state index in [0.717, 1.165) is 0 Å². The molecular formula is C8H7Br2ClO3S. The molecule has 1 rings (SSSR count). The number of ether oxygens (including phenoxy) is 1. The summed E-state index contributed by atoms with van der Waals surface area (Å²) in [6.07, 6.45) is 0. The van der Waals surface area contributed by atoms with Gasteiger partial charge in [0.1, 0.15) is 5.75 Å². The summed E-state index contributed by atoms with van der Waals surface area (Å²) >= 11 is 6.55. The van der Waals surface area contributed by atoms with Crippen LogP contribution in [0.2, 0.25) is 0 Å². The monoisotopic (exact) mass is 376 g/mol. The lowest BCUT2D eigenvalue weighted by Gasteiger charge is -2.08. The highest BCUT2D eigenvalue weighted by atomic mass is 79.9. The van der Waals surface area contributed by atoms with Crippen LogP contribution >= 0.6 is 42.5 Å². The van der Waals surface area contributed by atoms with E-state index in [4.69, 9.17) is 15.4 Å². The van der Waals surface area contributed by atoms with E-state index in [-0.39, 0.29) is 5.75 Å². The van der Waals surface area contributed by atoms with E-state index in [2.05, 4.69) is 31.9 Å². The van der Waals surface area contributed by atoms with Crippen LogP contribution in [0.15, 0.2) is 21.1 Å². The second-order valence-electron chi connectivity index (χ2n) is 2.78. The van der Waals surface area contributed by atoms with Crippen LogP contribution in [-0.4, -0.2) is 15.5 Å². The third-order valence-electron chi connectivity index (χ3n) is 1.60. The van der Waals surface area contributed by atoms with E-state index in [9.17, 15) is 8.42 Å². The molecule has 0 unspecified atom stereocenters. The second-order valence-corrected chi connectivity index (χ2v) is 7.26. The third-order valence-corrected chi connectivity index (χ3v) is 3.78. The van der Waals surface area contributed by atoms with Crippen LogP contribution in [0.4, 0.5) is 0 Å². The molecule has 0 aliphatic rings. The van der Waals surface area contributed by atoms with Gasteiger partial charge in [0, 0.05) is 10.7 Å². The molecule has 0 aliphatic carbocycles. The van der Waals surface area contributed by atoms with Gasteiger partial charge in [0.25, 0.3) is 0 Å². The zero-order chi connectivity index (χ0) is 11.6. The molecule has 0 saturated carbocycles. The van der Waals surface area contributed by atoms with Crippen molar-refractivity contribution in [3.8, 4) is 5.75 Å². The van der Waals surface area contributed by atoms with Gasteiger partial charge in [0.2, 0.25) is 9.05 Å². The number of rotatable bonds is 3. The first kappa shape index (κ1) is 13.3. The van der Waals surface area contributed by atoms with Crippen LogP contribution in [0.25, 0.3) is 0 Å². The molecule has 1 aromatic carbocycles. The molecule has 0 atom stereocenters. The third kappa shape index (κ3) is 3.94. The zero-order valence-electron chi connectivity index (χ0n) is 7.63. The van der Waals surface area contributed by atoms with Crippen LogP contribution in [0.1, 0.15) is 5.56 Å². The Labute approximate surface area is 109 Å². The van der Waals surface area contributed by atoms with Crippen molar-refractivity contribution >= 4 is 51.6 Å². The van der Waals surface area contributed by atoms with Crippen molar-refractivity contribution in [2.45, 2.75) is 5.75 Å². The molecule has 0 amide bonds. The highest BCUT2D eigenvalue weighted by Gasteiger charge is 2.12. The molecule has 0 N–H and O–H groups in total. The number of hydrogen-bond donors (Lipinski definition) is 0. The quantitative estimate of drug-likeness (QED) is 0.758. The van der Waals surface area contributed by atoms with Crippen molar-refractivity contribution in [1.82, 2.24) is 0 Å². The maximum absolute atomic E-state index is 10.9. The molecule has 0 heterocycles. The summed E-state index contributed by atoms with van der Waals surface area (Å²) < 4.78 is 28.2. The maximum atomic E-state index is 10.9. The SMILES string of the molecule is COc1c(Br)cc(CS(=O)(=O)Cl)cc1Br. The number of benzene rings is 1. The minimum atomic E-state index is -3.54. The van der Waals surface area contributed by atoms with Crippen LogP contribution in [0.3, 0.4) is 0 Å². The summed E-state index contributed by atoms with van der Waals surface area (Å²) in [5.41, 5.74) is 0.588. The average molecular weight is 378 g/mol. The Morgan fingerprint density at radius 1 is 1.33 bits per heavy atom. The fourth-order valence-corrected chi connectivity index (χ4v) is 3.64. The van der Waals surface area contributed by atoms with Gasteiger partial charge in [-0.15, -0.1) is 0 Å². The van der Waals surface area contributed by atoms with Crippen molar-refractivity contribution < 1.29 is 13.2 Å². The predicted molar refractivity (Wildman–Crippen MR) is 66.9 cm³/mol. The van der Waals surface area contributed by atoms with E-state index in [1.807, 2.05) is 0 Å². The van der Waals surface area contributed by atoms with E-state index in [0.29, 0.717) is 20.3 Å². The molecule has 3 nitrogen and oxygen atoms in total. The van der Waals surface area contributed by atoms with Crippen molar-refractivity contribution in [3.63, 3.8) is 0 Å². The fourth-order valence-electron chi connectivity index (χ4n) is 1.09. The molecule has 1 aromatic rings. The highest BCUT2D eigenvalue weighted by Crippen LogP contribution is 2.34. The Kier molecular flexibility index (Phi) is 4.46. The van der Waals surface area contributed by atoms with Crippen molar-refractivity contribution in [3.05, 3.63) is 26.6 Å². The lowest BCUT2D eigenvalue weighted by atomic mass is 10.2. The van der Waals surface area contributed by atoms with Gasteiger partial charge in [-0.2, -0.15) is 0 Å². The Bertz CT molecular complexity index is 450. The molecule has 0 aliphatic heterocycles. The summed E-state index contributed by atoms with van der Waals surface area (Å²) in [5, 5.41) is 0. The Hall–Kier alpha value is 0.220. The average Bonchev–Trinajstić information content (AvgIpc) is 1.99. The molecule has 0 fully saturated rings. The van der Waals surface area contributed by atoms with Crippen molar-refractivity contribution in [2.24, 2.45) is 0 Å². The van der Waals surface area contributed by atoms with Crippen LogP contribution in [0, 0.1) is 0 Å². The fraction of sp³-hybridized carbons (Fsp3) is 0.250. The molecule has 0 saturated heterocycles. The highest BCUT2D eigenvalue weighted by molar-refractivity contribution is 9.11. The second kappa shape index (κ2) is 5.03. The van der Waals surface area contributed by atoms with Gasteiger partial charge >= 0.3 is 0 Å². The van der Waals surface area contributed by atoms with Gasteiger partial charge < -0.3 is 4.74 Å². The molecule has 15 heavy (non-hydrogen) atoms. The molecular weight excluding hydrogens is 371 g/mol. The lowest BCUT2D eigenvalue weighted by Crippen LogP contribution is -1.96. The van der Waals surface area contributed by atoms with E-state index >= 15 is 0 Å². The van der Waals surface area contributed by atoms with Gasteiger partial charge in [0.05, 0.1) is 21.8 Å². The Balaban J connectivity index is 3.15. The minimum absolute atomic E-state index is 0.213. The normalized spacial score (nSPS) is 11.5. The number of methoxy groups -OCH3 is 1. The lowest BCUT2D eigenvalue weighted by molar-refractivity contribution is 0.409. The van der Waals surface area contributed by atoms with Gasteiger partial charge in [-0.1, -0.05) is 0 Å². The maximum Gasteiger partial charge on any atom is 0.236 e. The first-order valence-corrected chi connectivity index (χ1v) is 7.84. The minimum Gasteiger partial charge on any atom is -0.494 e. The molecule has 0 spiro atoms. The predicted octanol–water partition coefficient (Wildman–Crippen LogP) is 3.29. The molecule has 84 valence electrons. The summed E-state index contributed by atoms with van der Waals surface area (Å²) in [6.45, 7) is 0. The smallest absolute Gasteiger partial charge is 0.236 e. The summed E-state index contributed by atoms with van der Waals surface area (Å²) in [7, 11) is 3.15. The zero-order valence-corrected chi connectivity index (χ0v) is 12.4. The van der Waals surface area contributed by atoms with Crippen LogP contribution in [-0.2, 0) is 14.8 Å². The van der Waals surface area contributed by atoms with E-state index in [1.54, 1.807) is 12.1 Å². The number of halogens is 3. The van der Waals surface area contributed by atoms with Gasteiger partial charge in [-0.05, 0) is 49.6 Å². The van der Waals surface area contributed by atoms with E-state index < -0.39 is 9.05 Å². The van der Waals surface area contributed by atoms with Crippen molar-refractivity contribution in [1.29, 1.82) is 0 Å². The van der Waals surface area contributed by atoms with E-state index in [1.165, 1.54) is 7.11 Å². The molecule has 0 aromatic heterocycles. The van der Waals surface area contributed by atoms with Gasteiger partial charge in [-0.25, -0.2) is 8.42 Å².